The minimum Gasteiger partial charge on any atom is -0.356 e. The number of hydrogen-bond donors (Lipinski definition) is 2. The predicted octanol–water partition coefficient (Wildman–Crippen LogP) is 2.95. The molecule has 1 aliphatic heterocycles. The summed E-state index contributed by atoms with van der Waals surface area (Å²) in [7, 11) is 0. The van der Waals surface area contributed by atoms with E-state index in [2.05, 4.69) is 38.7 Å². The molecular formula is C14H21BrN2OS. The lowest BCUT2D eigenvalue weighted by molar-refractivity contribution is -0.121. The third-order valence-electron chi connectivity index (χ3n) is 3.56. The van der Waals surface area contributed by atoms with E-state index in [9.17, 15) is 4.79 Å². The molecule has 106 valence electrons. The van der Waals surface area contributed by atoms with Crippen molar-refractivity contribution in [2.45, 2.75) is 32.1 Å². The van der Waals surface area contributed by atoms with Gasteiger partial charge in [0.25, 0.3) is 0 Å². The Morgan fingerprint density at radius 1 is 1.42 bits per heavy atom. The lowest BCUT2D eigenvalue weighted by Crippen LogP contribution is -2.30. The molecule has 5 heteroatoms. The van der Waals surface area contributed by atoms with Crippen LogP contribution in [0.1, 0.15) is 30.6 Å². The maximum absolute atomic E-state index is 11.7. The van der Waals surface area contributed by atoms with Gasteiger partial charge in [0.05, 0.1) is 3.79 Å². The van der Waals surface area contributed by atoms with Gasteiger partial charge in [0.2, 0.25) is 5.91 Å². The average Bonchev–Trinajstić information content (AvgIpc) is 2.83. The zero-order chi connectivity index (χ0) is 13.5. The highest BCUT2D eigenvalue weighted by atomic mass is 79.9. The first-order valence-corrected chi connectivity index (χ1v) is 8.56. The van der Waals surface area contributed by atoms with Crippen LogP contribution >= 0.6 is 27.3 Å². The molecule has 0 aromatic carbocycles. The molecule has 1 amide bonds. The van der Waals surface area contributed by atoms with E-state index < -0.39 is 0 Å². The van der Waals surface area contributed by atoms with Crippen LogP contribution in [0.25, 0.3) is 0 Å². The van der Waals surface area contributed by atoms with Gasteiger partial charge in [0.1, 0.15) is 0 Å². The van der Waals surface area contributed by atoms with Crippen LogP contribution in [0.15, 0.2) is 15.9 Å². The van der Waals surface area contributed by atoms with Crippen molar-refractivity contribution in [3.63, 3.8) is 0 Å². The number of amides is 1. The smallest absolute Gasteiger partial charge is 0.220 e. The molecule has 0 radical (unpaired) electrons. The fourth-order valence-corrected chi connectivity index (χ4v) is 3.89. The van der Waals surface area contributed by atoms with E-state index in [1.54, 1.807) is 11.3 Å². The summed E-state index contributed by atoms with van der Waals surface area (Å²) in [4.78, 5) is 13.1. The molecule has 2 heterocycles. The first-order chi connectivity index (χ1) is 9.24. The molecular weight excluding hydrogens is 324 g/mol. The summed E-state index contributed by atoms with van der Waals surface area (Å²) in [5.41, 5.74) is 0. The van der Waals surface area contributed by atoms with Crippen LogP contribution in [0.3, 0.4) is 0 Å². The topological polar surface area (TPSA) is 41.1 Å². The molecule has 0 spiro atoms. The average molecular weight is 345 g/mol. The van der Waals surface area contributed by atoms with E-state index in [0.717, 1.165) is 42.2 Å². The molecule has 0 atom stereocenters. The van der Waals surface area contributed by atoms with Gasteiger partial charge < -0.3 is 10.6 Å². The third-order valence-corrected chi connectivity index (χ3v) is 5.24. The molecule has 1 saturated heterocycles. The van der Waals surface area contributed by atoms with Crippen molar-refractivity contribution in [3.8, 4) is 0 Å². The van der Waals surface area contributed by atoms with Gasteiger partial charge in [-0.15, -0.1) is 11.3 Å². The van der Waals surface area contributed by atoms with Gasteiger partial charge in [-0.2, -0.15) is 0 Å². The van der Waals surface area contributed by atoms with Gasteiger partial charge in [-0.1, -0.05) is 0 Å². The molecule has 0 bridgehead atoms. The van der Waals surface area contributed by atoms with Crippen molar-refractivity contribution in [1.82, 2.24) is 10.6 Å². The number of carbonyl (C=O) groups excluding carboxylic acids is 1. The van der Waals surface area contributed by atoms with Crippen molar-refractivity contribution in [1.29, 1.82) is 0 Å². The Hall–Kier alpha value is -0.390. The highest BCUT2D eigenvalue weighted by Crippen LogP contribution is 2.22. The summed E-state index contributed by atoms with van der Waals surface area (Å²) in [6.07, 6.45) is 5.08. The van der Waals surface area contributed by atoms with Crippen LogP contribution < -0.4 is 10.6 Å². The fourth-order valence-electron chi connectivity index (χ4n) is 2.41. The number of hydrogen-bond acceptors (Lipinski definition) is 3. The highest BCUT2D eigenvalue weighted by Gasteiger charge is 2.14. The molecule has 0 saturated carbocycles. The van der Waals surface area contributed by atoms with Crippen LogP contribution in [0, 0.1) is 5.92 Å². The Morgan fingerprint density at radius 2 is 2.21 bits per heavy atom. The van der Waals surface area contributed by atoms with Gasteiger partial charge in [0, 0.05) is 17.8 Å². The van der Waals surface area contributed by atoms with Crippen LogP contribution in [0.5, 0.6) is 0 Å². The van der Waals surface area contributed by atoms with Gasteiger partial charge in [-0.05, 0) is 72.8 Å². The summed E-state index contributed by atoms with van der Waals surface area (Å²) >= 11 is 5.18. The second kappa shape index (κ2) is 8.02. The van der Waals surface area contributed by atoms with E-state index in [1.165, 1.54) is 17.7 Å². The summed E-state index contributed by atoms with van der Waals surface area (Å²) < 4.78 is 1.15. The van der Waals surface area contributed by atoms with Crippen LogP contribution in [0.2, 0.25) is 0 Å². The van der Waals surface area contributed by atoms with Crippen molar-refractivity contribution in [2.75, 3.05) is 19.6 Å². The first kappa shape index (κ1) is 15.0. The van der Waals surface area contributed by atoms with Crippen molar-refractivity contribution in [3.05, 3.63) is 20.8 Å². The Morgan fingerprint density at radius 3 is 2.89 bits per heavy atom. The largest absolute Gasteiger partial charge is 0.356 e. The third kappa shape index (κ3) is 5.63. The second-order valence-corrected chi connectivity index (χ2v) is 7.59. The Bertz CT molecular complexity index is 402. The maximum Gasteiger partial charge on any atom is 0.220 e. The van der Waals surface area contributed by atoms with E-state index in [-0.39, 0.29) is 5.91 Å². The van der Waals surface area contributed by atoms with E-state index in [0.29, 0.717) is 6.42 Å². The number of halogens is 1. The lowest BCUT2D eigenvalue weighted by Gasteiger charge is -2.22. The number of carbonyl (C=O) groups is 1. The van der Waals surface area contributed by atoms with Gasteiger partial charge in [-0.25, -0.2) is 0 Å². The van der Waals surface area contributed by atoms with Crippen LogP contribution in [-0.4, -0.2) is 25.5 Å². The summed E-state index contributed by atoms with van der Waals surface area (Å²) in [5, 5.41) is 6.37. The molecule has 0 unspecified atom stereocenters. The first-order valence-electron chi connectivity index (χ1n) is 6.95. The molecule has 2 N–H and O–H groups in total. The van der Waals surface area contributed by atoms with E-state index in [4.69, 9.17) is 0 Å². The van der Waals surface area contributed by atoms with Gasteiger partial charge in [0.15, 0.2) is 0 Å². The Labute approximate surface area is 127 Å². The molecule has 1 aromatic heterocycles. The number of rotatable bonds is 6. The molecule has 2 rings (SSSR count). The van der Waals surface area contributed by atoms with E-state index >= 15 is 0 Å². The standard InChI is InChI=1S/C14H21BrN2OS/c15-13-3-2-12(19-13)7-10-17-14(18)4-1-11-5-8-16-9-6-11/h2-3,11,16H,1,4-10H2,(H,17,18). The minimum absolute atomic E-state index is 0.203. The zero-order valence-corrected chi connectivity index (χ0v) is 13.5. The number of nitrogens with one attached hydrogen (secondary N) is 2. The summed E-state index contributed by atoms with van der Waals surface area (Å²) in [6, 6.07) is 4.16. The fraction of sp³-hybridized carbons (Fsp3) is 0.643. The summed E-state index contributed by atoms with van der Waals surface area (Å²) in [6.45, 7) is 2.97. The van der Waals surface area contributed by atoms with Crippen LogP contribution in [-0.2, 0) is 11.2 Å². The van der Waals surface area contributed by atoms with E-state index in [1.807, 2.05) is 0 Å². The molecule has 1 aliphatic rings. The SMILES string of the molecule is O=C(CCC1CCNCC1)NCCc1ccc(Br)s1. The summed E-state index contributed by atoms with van der Waals surface area (Å²) in [5.74, 6) is 0.939. The Kier molecular flexibility index (Phi) is 6.34. The van der Waals surface area contributed by atoms with Crippen molar-refractivity contribution in [2.24, 2.45) is 5.92 Å². The van der Waals surface area contributed by atoms with Crippen molar-refractivity contribution < 1.29 is 4.79 Å². The highest BCUT2D eigenvalue weighted by molar-refractivity contribution is 9.11. The Balaban J connectivity index is 1.56. The van der Waals surface area contributed by atoms with Crippen molar-refractivity contribution >= 4 is 33.2 Å². The second-order valence-electron chi connectivity index (χ2n) is 5.04. The molecule has 19 heavy (non-hydrogen) atoms. The monoisotopic (exact) mass is 344 g/mol. The normalized spacial score (nSPS) is 16.5. The lowest BCUT2D eigenvalue weighted by atomic mass is 9.93. The zero-order valence-electron chi connectivity index (χ0n) is 11.1. The van der Waals surface area contributed by atoms with Crippen LogP contribution in [0.4, 0.5) is 0 Å². The molecule has 0 aliphatic carbocycles. The number of piperidine rings is 1. The van der Waals surface area contributed by atoms with Gasteiger partial charge in [-0.3, -0.25) is 4.79 Å². The minimum atomic E-state index is 0.203. The molecule has 1 aromatic rings. The van der Waals surface area contributed by atoms with Gasteiger partial charge >= 0.3 is 0 Å². The molecule has 1 fully saturated rings. The number of thiophene rings is 1. The quantitative estimate of drug-likeness (QED) is 0.832. The maximum atomic E-state index is 11.7. The molecule has 3 nitrogen and oxygen atoms in total. The predicted molar refractivity (Wildman–Crippen MR) is 83.6 cm³/mol.